The van der Waals surface area contributed by atoms with E-state index in [2.05, 4.69) is 0 Å². The molecule has 0 radical (unpaired) electrons. The summed E-state index contributed by atoms with van der Waals surface area (Å²) in [6.07, 6.45) is 1.59. The molecule has 0 aromatic heterocycles. The second-order valence-corrected chi connectivity index (χ2v) is 12.0. The van der Waals surface area contributed by atoms with Gasteiger partial charge >= 0.3 is 11.9 Å². The molecule has 0 unspecified atom stereocenters. The fourth-order valence-corrected chi connectivity index (χ4v) is 6.41. The molecule has 3 heterocycles. The van der Waals surface area contributed by atoms with Crippen LogP contribution >= 0.6 is 23.5 Å². The van der Waals surface area contributed by atoms with Gasteiger partial charge in [-0.2, -0.15) is 23.5 Å². The smallest absolute Gasteiger partial charge is 0.334 e. The topological polar surface area (TPSA) is 172 Å². The summed E-state index contributed by atoms with van der Waals surface area (Å²) in [6.45, 7) is 3.20. The second kappa shape index (κ2) is 14.4. The normalized spacial score (nSPS) is 20.6. The Hall–Kier alpha value is -2.20. The molecule has 39 heavy (non-hydrogen) atoms. The van der Waals surface area contributed by atoms with E-state index in [9.17, 15) is 28.8 Å². The van der Waals surface area contributed by atoms with Gasteiger partial charge in [0.15, 0.2) is 5.79 Å². The predicted octanol–water partition coefficient (Wildman–Crippen LogP) is 0.936. The molecule has 218 valence electrons. The maximum absolute atomic E-state index is 12.1. The molecule has 0 bridgehead atoms. The average molecular weight is 590 g/mol. The van der Waals surface area contributed by atoms with Gasteiger partial charge in [-0.15, -0.1) is 10.1 Å². The zero-order valence-corrected chi connectivity index (χ0v) is 23.6. The van der Waals surface area contributed by atoms with E-state index in [1.807, 2.05) is 6.92 Å². The standard InChI is InChI=1S/C24H35N3O10S2/c1-23(9-2-10-25)34-13-24(14-35-23,15-38-11-7-21(32)36-26-17(28)3-4-18(26)29)16-39-12-8-22(33)37-27-19(30)5-6-20(27)31/h2-16,25H2,1H3. The van der Waals surface area contributed by atoms with Gasteiger partial charge in [0.2, 0.25) is 0 Å². The minimum Gasteiger partial charge on any atom is -0.350 e. The molecule has 3 aliphatic heterocycles. The van der Waals surface area contributed by atoms with E-state index in [1.54, 1.807) is 0 Å². The van der Waals surface area contributed by atoms with Crippen LogP contribution in [0, 0.1) is 5.41 Å². The largest absolute Gasteiger partial charge is 0.350 e. The molecular weight excluding hydrogens is 554 g/mol. The summed E-state index contributed by atoms with van der Waals surface area (Å²) in [5.41, 5.74) is 5.22. The SMILES string of the molecule is CC1(CCCN)OCC(CSCCC(=O)ON2C(=O)CCC2=O)(CSCCC(=O)ON2C(=O)CCC2=O)CO1. The highest BCUT2D eigenvalue weighted by molar-refractivity contribution is 8.00. The van der Waals surface area contributed by atoms with Crippen molar-refractivity contribution in [3.8, 4) is 0 Å². The fourth-order valence-electron chi connectivity index (χ4n) is 3.97. The van der Waals surface area contributed by atoms with E-state index in [0.29, 0.717) is 59.3 Å². The third kappa shape index (κ3) is 9.17. The lowest BCUT2D eigenvalue weighted by Crippen LogP contribution is -2.50. The average Bonchev–Trinajstić information content (AvgIpc) is 3.40. The monoisotopic (exact) mass is 589 g/mol. The Bertz CT molecular complexity index is 862. The molecule has 13 nitrogen and oxygen atoms in total. The summed E-state index contributed by atoms with van der Waals surface area (Å²) < 4.78 is 12.2. The Morgan fingerprint density at radius 2 is 1.23 bits per heavy atom. The van der Waals surface area contributed by atoms with Gasteiger partial charge in [0.25, 0.3) is 23.6 Å². The summed E-state index contributed by atoms with van der Waals surface area (Å²) in [4.78, 5) is 80.5. The molecule has 3 fully saturated rings. The van der Waals surface area contributed by atoms with Gasteiger partial charge in [0, 0.05) is 60.5 Å². The van der Waals surface area contributed by atoms with Crippen LogP contribution < -0.4 is 5.73 Å². The first-order chi connectivity index (χ1) is 18.6. The Morgan fingerprint density at radius 3 is 1.62 bits per heavy atom. The predicted molar refractivity (Wildman–Crippen MR) is 139 cm³/mol. The number of imide groups is 2. The third-order valence-corrected chi connectivity index (χ3v) is 8.94. The highest BCUT2D eigenvalue weighted by Gasteiger charge is 2.42. The lowest BCUT2D eigenvalue weighted by molar-refractivity contribution is -0.290. The number of hydrogen-bond donors (Lipinski definition) is 1. The van der Waals surface area contributed by atoms with E-state index in [0.717, 1.165) is 6.42 Å². The summed E-state index contributed by atoms with van der Waals surface area (Å²) in [6, 6.07) is 0. The summed E-state index contributed by atoms with van der Waals surface area (Å²) in [5.74, 6) is -2.17. The number of hydrogen-bond acceptors (Lipinski definition) is 13. The van der Waals surface area contributed by atoms with Crippen LogP contribution in [0.25, 0.3) is 0 Å². The van der Waals surface area contributed by atoms with Crippen LogP contribution in [0.15, 0.2) is 0 Å². The molecule has 3 aliphatic rings. The van der Waals surface area contributed by atoms with Crippen LogP contribution in [0.4, 0.5) is 0 Å². The van der Waals surface area contributed by atoms with Gasteiger partial charge < -0.3 is 24.9 Å². The molecule has 0 saturated carbocycles. The number of ether oxygens (including phenoxy) is 2. The molecule has 3 rings (SSSR count). The van der Waals surface area contributed by atoms with Crippen LogP contribution in [-0.4, -0.2) is 94.3 Å². The van der Waals surface area contributed by atoms with E-state index < -0.39 is 46.8 Å². The van der Waals surface area contributed by atoms with Crippen LogP contribution in [-0.2, 0) is 47.9 Å². The Balaban J connectivity index is 1.45. The lowest BCUT2D eigenvalue weighted by atomic mass is 9.93. The number of rotatable bonds is 15. The molecule has 0 spiro atoms. The van der Waals surface area contributed by atoms with Crippen LogP contribution in [0.1, 0.15) is 58.3 Å². The molecule has 4 amide bonds. The molecule has 2 N–H and O–H groups in total. The van der Waals surface area contributed by atoms with E-state index >= 15 is 0 Å². The summed E-state index contributed by atoms with van der Waals surface area (Å²) in [5, 5.41) is 1.08. The van der Waals surface area contributed by atoms with Crippen molar-refractivity contribution in [2.45, 2.75) is 64.1 Å². The maximum Gasteiger partial charge on any atom is 0.334 e. The quantitative estimate of drug-likeness (QED) is 0.211. The number of hydroxylamine groups is 4. The molecular formula is C24H35N3O10S2. The minimum atomic E-state index is -0.741. The Kier molecular flexibility index (Phi) is 11.6. The molecule has 15 heteroatoms. The molecule has 0 aromatic carbocycles. The number of amides is 4. The molecule has 0 atom stereocenters. The van der Waals surface area contributed by atoms with E-state index in [-0.39, 0.29) is 38.5 Å². The van der Waals surface area contributed by atoms with Crippen molar-refractivity contribution in [1.29, 1.82) is 0 Å². The Labute approximate surface area is 235 Å². The molecule has 3 saturated heterocycles. The number of thioether (sulfide) groups is 2. The fraction of sp³-hybridized carbons (Fsp3) is 0.750. The zero-order valence-electron chi connectivity index (χ0n) is 22.0. The van der Waals surface area contributed by atoms with Crippen LogP contribution in [0.3, 0.4) is 0 Å². The number of carbonyl (C=O) groups excluding carboxylic acids is 6. The number of nitrogens with zero attached hydrogens (tertiary/aromatic N) is 2. The van der Waals surface area contributed by atoms with Crippen molar-refractivity contribution >= 4 is 59.1 Å². The van der Waals surface area contributed by atoms with Crippen molar-refractivity contribution in [2.75, 3.05) is 42.8 Å². The zero-order chi connectivity index (χ0) is 28.5. The third-order valence-electron chi connectivity index (χ3n) is 6.32. The van der Waals surface area contributed by atoms with Crippen molar-refractivity contribution in [2.24, 2.45) is 11.1 Å². The van der Waals surface area contributed by atoms with Crippen molar-refractivity contribution in [1.82, 2.24) is 10.1 Å². The summed E-state index contributed by atoms with van der Waals surface area (Å²) in [7, 11) is 0. The highest BCUT2D eigenvalue weighted by Crippen LogP contribution is 2.37. The number of nitrogens with two attached hydrogens (primary N) is 1. The second-order valence-electron chi connectivity index (χ2n) is 9.80. The van der Waals surface area contributed by atoms with E-state index in [4.69, 9.17) is 24.9 Å². The first-order valence-corrected chi connectivity index (χ1v) is 15.1. The van der Waals surface area contributed by atoms with Crippen molar-refractivity contribution in [3.05, 3.63) is 0 Å². The van der Waals surface area contributed by atoms with Gasteiger partial charge in [0.05, 0.1) is 26.1 Å². The van der Waals surface area contributed by atoms with Crippen molar-refractivity contribution < 1.29 is 47.9 Å². The van der Waals surface area contributed by atoms with Gasteiger partial charge in [-0.05, 0) is 19.9 Å². The summed E-state index contributed by atoms with van der Waals surface area (Å²) >= 11 is 2.99. The Morgan fingerprint density at radius 1 is 0.821 bits per heavy atom. The van der Waals surface area contributed by atoms with Gasteiger partial charge in [-0.3, -0.25) is 19.2 Å². The molecule has 0 aromatic rings. The number of carbonyl (C=O) groups is 6. The first-order valence-electron chi connectivity index (χ1n) is 12.8. The minimum absolute atomic E-state index is 0.0145. The van der Waals surface area contributed by atoms with Gasteiger partial charge in [-0.25, -0.2) is 9.59 Å². The van der Waals surface area contributed by atoms with Gasteiger partial charge in [0.1, 0.15) is 0 Å². The lowest BCUT2D eigenvalue weighted by Gasteiger charge is -2.45. The molecule has 0 aliphatic carbocycles. The van der Waals surface area contributed by atoms with E-state index in [1.165, 1.54) is 23.5 Å². The first kappa shape index (κ1) is 31.3. The van der Waals surface area contributed by atoms with Crippen LogP contribution in [0.5, 0.6) is 0 Å². The van der Waals surface area contributed by atoms with Gasteiger partial charge in [-0.1, -0.05) is 0 Å². The van der Waals surface area contributed by atoms with Crippen LogP contribution in [0.2, 0.25) is 0 Å². The van der Waals surface area contributed by atoms with Crippen molar-refractivity contribution in [3.63, 3.8) is 0 Å². The highest BCUT2D eigenvalue weighted by atomic mass is 32.2. The maximum atomic E-state index is 12.1.